The van der Waals surface area contributed by atoms with Crippen LogP contribution in [-0.2, 0) is 0 Å². The van der Waals surface area contributed by atoms with E-state index in [1.165, 1.54) is 19.2 Å². The van der Waals surface area contributed by atoms with Gasteiger partial charge in [-0.3, -0.25) is 0 Å². The van der Waals surface area contributed by atoms with Crippen LogP contribution in [0.2, 0.25) is 5.02 Å². The number of methoxy groups -OCH3 is 1. The quantitative estimate of drug-likeness (QED) is 0.905. The zero-order chi connectivity index (χ0) is 15.4. The molecule has 0 saturated carbocycles. The lowest BCUT2D eigenvalue weighted by atomic mass is 10.0. The molecule has 0 amide bonds. The molecule has 21 heavy (non-hydrogen) atoms. The summed E-state index contributed by atoms with van der Waals surface area (Å²) in [5.41, 5.74) is 0.698. The van der Waals surface area contributed by atoms with Crippen LogP contribution in [0, 0.1) is 0 Å². The number of alkyl halides is 2. The van der Waals surface area contributed by atoms with Crippen LogP contribution < -0.4 is 9.47 Å². The van der Waals surface area contributed by atoms with Gasteiger partial charge in [-0.2, -0.15) is 8.78 Å². The molecule has 0 heterocycles. The highest BCUT2D eigenvalue weighted by molar-refractivity contribution is 6.32. The second kappa shape index (κ2) is 6.74. The molecule has 6 heteroatoms. The summed E-state index contributed by atoms with van der Waals surface area (Å²) in [6, 6.07) is 10.8. The molecule has 0 aliphatic carbocycles. The zero-order valence-corrected chi connectivity index (χ0v) is 11.8. The van der Waals surface area contributed by atoms with E-state index in [4.69, 9.17) is 16.3 Å². The molecule has 1 unspecified atom stereocenters. The molecule has 3 nitrogen and oxygen atoms in total. The molecular weight excluding hydrogens is 302 g/mol. The number of benzene rings is 2. The normalized spacial score (nSPS) is 12.3. The summed E-state index contributed by atoms with van der Waals surface area (Å²) >= 11 is 5.92. The summed E-state index contributed by atoms with van der Waals surface area (Å²) < 4.78 is 34.3. The molecule has 1 N–H and O–H groups in total. The third kappa shape index (κ3) is 3.62. The predicted molar refractivity (Wildman–Crippen MR) is 75.1 cm³/mol. The topological polar surface area (TPSA) is 38.7 Å². The van der Waals surface area contributed by atoms with Crippen LogP contribution in [0.15, 0.2) is 42.5 Å². The predicted octanol–water partition coefficient (Wildman–Crippen LogP) is 4.03. The Kier molecular flexibility index (Phi) is 4.98. The molecule has 0 aromatic heterocycles. The van der Waals surface area contributed by atoms with Gasteiger partial charge in [-0.15, -0.1) is 0 Å². The first-order valence-corrected chi connectivity index (χ1v) is 6.46. The summed E-state index contributed by atoms with van der Waals surface area (Å²) in [7, 11) is 1.45. The molecule has 2 aromatic carbocycles. The minimum Gasteiger partial charge on any atom is -0.495 e. The van der Waals surface area contributed by atoms with Crippen molar-refractivity contribution < 1.29 is 23.4 Å². The van der Waals surface area contributed by atoms with Crippen molar-refractivity contribution in [3.63, 3.8) is 0 Å². The number of rotatable bonds is 5. The van der Waals surface area contributed by atoms with Gasteiger partial charge in [0, 0.05) is 5.56 Å². The van der Waals surface area contributed by atoms with Gasteiger partial charge < -0.3 is 14.6 Å². The van der Waals surface area contributed by atoms with Crippen molar-refractivity contribution in [3.05, 3.63) is 58.6 Å². The molecule has 0 aliphatic rings. The standard InChI is InChI=1S/C15H13ClF2O3/c1-20-13-8-9(6-7-11(13)16)14(19)10-4-2-3-5-12(10)21-15(17)18/h2-8,14-15,19H,1H3. The molecule has 0 aliphatic heterocycles. The average molecular weight is 315 g/mol. The zero-order valence-electron chi connectivity index (χ0n) is 11.1. The Hall–Kier alpha value is -1.85. The van der Waals surface area contributed by atoms with Crippen molar-refractivity contribution >= 4 is 11.6 Å². The van der Waals surface area contributed by atoms with E-state index in [0.717, 1.165) is 0 Å². The second-order valence-electron chi connectivity index (χ2n) is 4.21. The Morgan fingerprint density at radius 1 is 1.10 bits per heavy atom. The van der Waals surface area contributed by atoms with Gasteiger partial charge in [-0.05, 0) is 23.8 Å². The van der Waals surface area contributed by atoms with Crippen LogP contribution in [0.1, 0.15) is 17.2 Å². The van der Waals surface area contributed by atoms with E-state index in [1.54, 1.807) is 30.3 Å². The van der Waals surface area contributed by atoms with Crippen molar-refractivity contribution in [1.82, 2.24) is 0 Å². The van der Waals surface area contributed by atoms with Gasteiger partial charge in [0.1, 0.15) is 17.6 Å². The van der Waals surface area contributed by atoms with Crippen molar-refractivity contribution in [3.8, 4) is 11.5 Å². The number of ether oxygens (including phenoxy) is 2. The maximum atomic E-state index is 12.4. The molecule has 2 aromatic rings. The lowest BCUT2D eigenvalue weighted by molar-refractivity contribution is -0.0512. The van der Waals surface area contributed by atoms with Crippen molar-refractivity contribution in [1.29, 1.82) is 0 Å². The van der Waals surface area contributed by atoms with Crippen LogP contribution in [0.4, 0.5) is 8.78 Å². The smallest absolute Gasteiger partial charge is 0.387 e. The number of aliphatic hydroxyl groups is 1. The Morgan fingerprint density at radius 2 is 1.81 bits per heavy atom. The monoisotopic (exact) mass is 314 g/mol. The molecule has 0 spiro atoms. The van der Waals surface area contributed by atoms with E-state index in [-0.39, 0.29) is 11.3 Å². The fraction of sp³-hybridized carbons (Fsp3) is 0.200. The van der Waals surface area contributed by atoms with Crippen LogP contribution >= 0.6 is 11.6 Å². The van der Waals surface area contributed by atoms with Gasteiger partial charge in [0.15, 0.2) is 0 Å². The largest absolute Gasteiger partial charge is 0.495 e. The number of para-hydroxylation sites is 1. The molecule has 0 saturated heterocycles. The average Bonchev–Trinajstić information content (AvgIpc) is 2.47. The highest BCUT2D eigenvalue weighted by Crippen LogP contribution is 2.34. The molecule has 1 atom stereocenters. The molecule has 112 valence electrons. The highest BCUT2D eigenvalue weighted by atomic mass is 35.5. The Labute approximate surface area is 125 Å². The number of hydrogen-bond donors (Lipinski definition) is 1. The van der Waals surface area contributed by atoms with E-state index in [1.807, 2.05) is 0 Å². The minimum absolute atomic E-state index is 0.0751. The van der Waals surface area contributed by atoms with Crippen molar-refractivity contribution in [2.24, 2.45) is 0 Å². The number of halogens is 3. The molecule has 0 radical (unpaired) electrons. The first-order valence-electron chi connectivity index (χ1n) is 6.08. The fourth-order valence-electron chi connectivity index (χ4n) is 1.94. The summed E-state index contributed by atoms with van der Waals surface area (Å²) in [5, 5.41) is 10.8. The van der Waals surface area contributed by atoms with Crippen molar-refractivity contribution in [2.75, 3.05) is 7.11 Å². The van der Waals surface area contributed by atoms with Gasteiger partial charge in [0.25, 0.3) is 0 Å². The van der Waals surface area contributed by atoms with E-state index >= 15 is 0 Å². The summed E-state index contributed by atoms with van der Waals surface area (Å²) in [5.74, 6) is 0.314. The summed E-state index contributed by atoms with van der Waals surface area (Å²) in [6.07, 6.45) is -1.13. The third-order valence-electron chi connectivity index (χ3n) is 2.92. The SMILES string of the molecule is COc1cc(C(O)c2ccccc2OC(F)F)ccc1Cl. The lowest BCUT2D eigenvalue weighted by Crippen LogP contribution is -2.08. The number of hydrogen-bond acceptors (Lipinski definition) is 3. The van der Waals surface area contributed by atoms with Gasteiger partial charge >= 0.3 is 6.61 Å². The Morgan fingerprint density at radius 3 is 2.48 bits per heavy atom. The van der Waals surface area contributed by atoms with Crippen LogP contribution in [0.5, 0.6) is 11.5 Å². The van der Waals surface area contributed by atoms with Gasteiger partial charge in [-0.25, -0.2) is 0 Å². The van der Waals surface area contributed by atoms with Crippen LogP contribution in [-0.4, -0.2) is 18.8 Å². The highest BCUT2D eigenvalue weighted by Gasteiger charge is 2.18. The Bertz CT molecular complexity index is 620. The molecule has 0 fully saturated rings. The first-order chi connectivity index (χ1) is 10.0. The fourth-order valence-corrected chi connectivity index (χ4v) is 2.13. The number of aliphatic hydroxyl groups excluding tert-OH is 1. The molecule has 0 bridgehead atoms. The van der Waals surface area contributed by atoms with E-state index < -0.39 is 12.7 Å². The third-order valence-corrected chi connectivity index (χ3v) is 3.23. The van der Waals surface area contributed by atoms with E-state index in [2.05, 4.69) is 4.74 Å². The summed E-state index contributed by atoms with van der Waals surface area (Å²) in [4.78, 5) is 0. The van der Waals surface area contributed by atoms with Crippen molar-refractivity contribution in [2.45, 2.75) is 12.7 Å². The molecular formula is C15H13ClF2O3. The summed E-state index contributed by atoms with van der Waals surface area (Å²) in [6.45, 7) is -2.96. The van der Waals surface area contributed by atoms with E-state index in [0.29, 0.717) is 16.3 Å². The van der Waals surface area contributed by atoms with Gasteiger partial charge in [-0.1, -0.05) is 35.9 Å². The second-order valence-corrected chi connectivity index (χ2v) is 4.62. The Balaban J connectivity index is 2.38. The maximum absolute atomic E-state index is 12.4. The minimum atomic E-state index is -2.96. The lowest BCUT2D eigenvalue weighted by Gasteiger charge is -2.17. The maximum Gasteiger partial charge on any atom is 0.387 e. The first kappa shape index (κ1) is 15.5. The van der Waals surface area contributed by atoms with Crippen LogP contribution in [0.25, 0.3) is 0 Å². The van der Waals surface area contributed by atoms with Gasteiger partial charge in [0.2, 0.25) is 0 Å². The van der Waals surface area contributed by atoms with E-state index in [9.17, 15) is 13.9 Å². The van der Waals surface area contributed by atoms with Gasteiger partial charge in [0.05, 0.1) is 12.1 Å². The van der Waals surface area contributed by atoms with Crippen LogP contribution in [0.3, 0.4) is 0 Å². The molecule has 2 rings (SSSR count).